The van der Waals surface area contributed by atoms with Gasteiger partial charge in [0.05, 0.1) is 6.61 Å². The molecule has 0 amide bonds. The lowest BCUT2D eigenvalue weighted by atomic mass is 10.1. The smallest absolute Gasteiger partial charge is 0.408 e. The zero-order valence-electron chi connectivity index (χ0n) is 10.5. The van der Waals surface area contributed by atoms with Gasteiger partial charge in [0.2, 0.25) is 0 Å². The first-order chi connectivity index (χ1) is 8.93. The topological polar surface area (TPSA) is 38.3 Å². The van der Waals surface area contributed by atoms with Gasteiger partial charge in [-0.25, -0.2) is 0 Å². The van der Waals surface area contributed by atoms with Crippen LogP contribution in [0.1, 0.15) is 19.8 Å². The maximum Gasteiger partial charge on any atom is 0.408 e. The number of esters is 1. The molecule has 1 N–H and O–H groups in total. The number of nitrogens with one attached hydrogen (secondary N) is 1. The quantitative estimate of drug-likeness (QED) is 0.809. The number of hydrogen-bond donors (Lipinski definition) is 1. The van der Waals surface area contributed by atoms with Crippen molar-refractivity contribution in [3.63, 3.8) is 0 Å². The summed E-state index contributed by atoms with van der Waals surface area (Å²) in [7, 11) is 0. The van der Waals surface area contributed by atoms with Crippen LogP contribution in [0.15, 0.2) is 30.3 Å². The van der Waals surface area contributed by atoms with E-state index in [1.165, 1.54) is 0 Å². The summed E-state index contributed by atoms with van der Waals surface area (Å²) in [5, 5.41) is 2.38. The summed E-state index contributed by atoms with van der Waals surface area (Å²) in [5.74, 6) is -0.619. The van der Waals surface area contributed by atoms with Crippen LogP contribution in [0.4, 0.5) is 18.9 Å². The number of carbonyl (C=O) groups excluding carboxylic acids is 1. The van der Waals surface area contributed by atoms with Crippen molar-refractivity contribution in [3.05, 3.63) is 30.3 Å². The standard InChI is InChI=1S/C13H16F3NO2/c1-2-19-12(18)9-8-11(13(14,15)16)17-10-6-4-3-5-7-10/h3-7,11,17H,2,8-9H2,1H3/t11-/m0/s1. The first kappa shape index (κ1) is 15.3. The van der Waals surface area contributed by atoms with Crippen molar-refractivity contribution in [3.8, 4) is 0 Å². The summed E-state index contributed by atoms with van der Waals surface area (Å²) in [6.45, 7) is 1.78. The minimum Gasteiger partial charge on any atom is -0.466 e. The Bertz CT molecular complexity index is 393. The van der Waals surface area contributed by atoms with E-state index in [2.05, 4.69) is 10.1 Å². The lowest BCUT2D eigenvalue weighted by molar-refractivity contribution is -0.150. The van der Waals surface area contributed by atoms with E-state index in [0.717, 1.165) is 0 Å². The second-order valence-electron chi connectivity index (χ2n) is 3.95. The van der Waals surface area contributed by atoms with Gasteiger partial charge in [-0.1, -0.05) is 18.2 Å². The summed E-state index contributed by atoms with van der Waals surface area (Å²) in [4.78, 5) is 11.1. The summed E-state index contributed by atoms with van der Waals surface area (Å²) in [6.07, 6.45) is -5.03. The normalized spacial score (nSPS) is 12.8. The Kier molecular flexibility index (Phi) is 5.66. The van der Waals surface area contributed by atoms with Gasteiger partial charge >= 0.3 is 12.1 Å². The van der Waals surface area contributed by atoms with E-state index in [9.17, 15) is 18.0 Å². The molecule has 1 atom stereocenters. The Labute approximate surface area is 109 Å². The van der Waals surface area contributed by atoms with Crippen molar-refractivity contribution in [1.82, 2.24) is 0 Å². The number of halogens is 3. The SMILES string of the molecule is CCOC(=O)CC[C@H](Nc1ccccc1)C(F)(F)F. The first-order valence-corrected chi connectivity index (χ1v) is 5.97. The predicted octanol–water partition coefficient (Wildman–Crippen LogP) is 3.37. The molecule has 1 aromatic rings. The fraction of sp³-hybridized carbons (Fsp3) is 0.462. The van der Waals surface area contributed by atoms with Crippen molar-refractivity contribution in [2.24, 2.45) is 0 Å². The Balaban J connectivity index is 2.61. The van der Waals surface area contributed by atoms with Crippen molar-refractivity contribution in [2.75, 3.05) is 11.9 Å². The van der Waals surface area contributed by atoms with E-state index in [1.54, 1.807) is 37.3 Å². The third-order valence-electron chi connectivity index (χ3n) is 2.45. The van der Waals surface area contributed by atoms with Crippen molar-refractivity contribution in [2.45, 2.75) is 32.0 Å². The Morgan fingerprint density at radius 2 is 1.95 bits per heavy atom. The molecule has 0 aliphatic carbocycles. The number of hydrogen-bond acceptors (Lipinski definition) is 3. The minimum absolute atomic E-state index is 0.168. The van der Waals surface area contributed by atoms with Gasteiger partial charge in [0.25, 0.3) is 0 Å². The highest BCUT2D eigenvalue weighted by molar-refractivity contribution is 5.69. The van der Waals surface area contributed by atoms with Crippen LogP contribution in [0.2, 0.25) is 0 Å². The largest absolute Gasteiger partial charge is 0.466 e. The molecule has 0 saturated carbocycles. The molecule has 0 spiro atoms. The van der Waals surface area contributed by atoms with Crippen LogP contribution in [0, 0.1) is 0 Å². The Hall–Kier alpha value is -1.72. The molecule has 106 valence electrons. The van der Waals surface area contributed by atoms with Crippen LogP contribution in [0.3, 0.4) is 0 Å². The van der Waals surface area contributed by atoms with Gasteiger partial charge in [0.1, 0.15) is 6.04 Å². The molecule has 6 heteroatoms. The molecule has 0 fully saturated rings. The first-order valence-electron chi connectivity index (χ1n) is 5.97. The predicted molar refractivity (Wildman–Crippen MR) is 65.8 cm³/mol. The van der Waals surface area contributed by atoms with Gasteiger partial charge in [-0.2, -0.15) is 13.2 Å². The molecule has 0 aliphatic heterocycles. The van der Waals surface area contributed by atoms with Crippen molar-refractivity contribution >= 4 is 11.7 Å². The van der Waals surface area contributed by atoms with Gasteiger partial charge in [0.15, 0.2) is 0 Å². The molecule has 0 radical (unpaired) electrons. The highest BCUT2D eigenvalue weighted by Gasteiger charge is 2.39. The van der Waals surface area contributed by atoms with Gasteiger partial charge in [-0.3, -0.25) is 4.79 Å². The monoisotopic (exact) mass is 275 g/mol. The van der Waals surface area contributed by atoms with E-state index in [0.29, 0.717) is 5.69 Å². The summed E-state index contributed by atoms with van der Waals surface area (Å²) < 4.78 is 43.1. The molecule has 0 unspecified atom stereocenters. The number of alkyl halides is 3. The average Bonchev–Trinajstić information content (AvgIpc) is 2.34. The fourth-order valence-corrected chi connectivity index (χ4v) is 1.55. The van der Waals surface area contributed by atoms with E-state index in [-0.39, 0.29) is 19.4 Å². The summed E-state index contributed by atoms with van der Waals surface area (Å²) in [5.41, 5.74) is 0.369. The molecule has 0 saturated heterocycles. The van der Waals surface area contributed by atoms with Crippen molar-refractivity contribution in [1.29, 1.82) is 0 Å². The fourth-order valence-electron chi connectivity index (χ4n) is 1.55. The van der Waals surface area contributed by atoms with Gasteiger partial charge in [-0.15, -0.1) is 0 Å². The molecule has 19 heavy (non-hydrogen) atoms. The maximum absolute atomic E-state index is 12.8. The number of carbonyl (C=O) groups is 1. The number of rotatable bonds is 6. The van der Waals surface area contributed by atoms with Gasteiger partial charge in [-0.05, 0) is 25.5 Å². The second kappa shape index (κ2) is 7.01. The number of para-hydroxylation sites is 1. The zero-order valence-corrected chi connectivity index (χ0v) is 10.5. The molecule has 0 aromatic heterocycles. The summed E-state index contributed by atoms with van der Waals surface area (Å²) >= 11 is 0. The number of anilines is 1. The van der Waals surface area contributed by atoms with Gasteiger partial charge < -0.3 is 10.1 Å². The summed E-state index contributed by atoms with van der Waals surface area (Å²) in [6, 6.07) is 6.32. The molecule has 1 rings (SSSR count). The zero-order chi connectivity index (χ0) is 14.3. The highest BCUT2D eigenvalue weighted by atomic mass is 19.4. The third-order valence-corrected chi connectivity index (χ3v) is 2.45. The van der Waals surface area contributed by atoms with E-state index in [1.807, 2.05) is 0 Å². The Morgan fingerprint density at radius 3 is 2.47 bits per heavy atom. The van der Waals surface area contributed by atoms with Crippen molar-refractivity contribution < 1.29 is 22.7 Å². The van der Waals surface area contributed by atoms with Gasteiger partial charge in [0, 0.05) is 12.1 Å². The second-order valence-corrected chi connectivity index (χ2v) is 3.95. The Morgan fingerprint density at radius 1 is 1.32 bits per heavy atom. The van der Waals surface area contributed by atoms with Crippen LogP contribution in [-0.4, -0.2) is 24.8 Å². The van der Waals surface area contributed by atoms with Crippen LogP contribution in [0.5, 0.6) is 0 Å². The van der Waals surface area contributed by atoms with E-state index in [4.69, 9.17) is 0 Å². The number of ether oxygens (including phenoxy) is 1. The van der Waals surface area contributed by atoms with E-state index >= 15 is 0 Å². The highest BCUT2D eigenvalue weighted by Crippen LogP contribution is 2.26. The minimum atomic E-state index is -4.41. The molecule has 3 nitrogen and oxygen atoms in total. The third kappa shape index (κ3) is 5.63. The van der Waals surface area contributed by atoms with Crippen LogP contribution < -0.4 is 5.32 Å². The van der Waals surface area contributed by atoms with Crippen LogP contribution in [0.25, 0.3) is 0 Å². The molecule has 1 aromatic carbocycles. The average molecular weight is 275 g/mol. The molecular formula is C13H16F3NO2. The maximum atomic E-state index is 12.8. The number of benzene rings is 1. The lowest BCUT2D eigenvalue weighted by Crippen LogP contribution is -2.36. The van der Waals surface area contributed by atoms with E-state index < -0.39 is 18.2 Å². The van der Waals surface area contributed by atoms with Crippen LogP contribution in [-0.2, 0) is 9.53 Å². The molecule has 0 aliphatic rings. The molecule has 0 bridgehead atoms. The molecular weight excluding hydrogens is 259 g/mol. The van der Waals surface area contributed by atoms with Crippen LogP contribution >= 0.6 is 0 Å². The molecule has 0 heterocycles. The lowest BCUT2D eigenvalue weighted by Gasteiger charge is -2.22.